The maximum Gasteiger partial charge on any atom is 0.313 e. The number of amides is 2. The van der Waals surface area contributed by atoms with Gasteiger partial charge in [0.2, 0.25) is 5.91 Å². The van der Waals surface area contributed by atoms with Gasteiger partial charge in [0.05, 0.1) is 24.2 Å². The molecule has 2 aromatic rings. The van der Waals surface area contributed by atoms with E-state index in [-0.39, 0.29) is 19.1 Å². The molecule has 0 aliphatic carbocycles. The normalized spacial score (nSPS) is 32.8. The van der Waals surface area contributed by atoms with Crippen LogP contribution in [0.3, 0.4) is 0 Å². The van der Waals surface area contributed by atoms with Gasteiger partial charge in [-0.3, -0.25) is 14.4 Å². The van der Waals surface area contributed by atoms with Crippen molar-refractivity contribution in [3.8, 4) is 0 Å². The summed E-state index contributed by atoms with van der Waals surface area (Å²) >= 11 is 6.09. The summed E-state index contributed by atoms with van der Waals surface area (Å²) < 4.78 is 12.1. The van der Waals surface area contributed by atoms with Crippen LogP contribution >= 0.6 is 11.6 Å². The molecule has 9 heteroatoms. The lowest BCUT2D eigenvalue weighted by molar-refractivity contribution is -0.157. The van der Waals surface area contributed by atoms with Crippen LogP contribution in [-0.2, 0) is 23.9 Å². The third-order valence-electron chi connectivity index (χ3n) is 8.08. The average molecular weight is 535 g/mol. The minimum absolute atomic E-state index is 0.0811. The lowest BCUT2D eigenvalue weighted by Crippen LogP contribution is -2.57. The van der Waals surface area contributed by atoms with Gasteiger partial charge in [0, 0.05) is 17.3 Å². The van der Waals surface area contributed by atoms with Crippen LogP contribution in [0.15, 0.2) is 78.9 Å². The molecule has 6 rings (SSSR count). The second kappa shape index (κ2) is 9.08. The molecule has 4 heterocycles. The van der Waals surface area contributed by atoms with Gasteiger partial charge in [-0.1, -0.05) is 60.2 Å². The summed E-state index contributed by atoms with van der Waals surface area (Å²) in [7, 11) is 0. The molecule has 0 saturated carbocycles. The van der Waals surface area contributed by atoms with Crippen molar-refractivity contribution in [1.29, 1.82) is 0 Å². The summed E-state index contributed by atoms with van der Waals surface area (Å²) in [5.74, 6) is -3.34. The maximum absolute atomic E-state index is 14.5. The Kier molecular flexibility index (Phi) is 5.94. The molecule has 8 nitrogen and oxygen atoms in total. The quantitative estimate of drug-likeness (QED) is 0.478. The van der Waals surface area contributed by atoms with E-state index in [0.717, 1.165) is 0 Å². The lowest BCUT2D eigenvalue weighted by atomic mass is 9.75. The van der Waals surface area contributed by atoms with E-state index in [2.05, 4.69) is 0 Å². The molecule has 1 unspecified atom stereocenters. The van der Waals surface area contributed by atoms with Crippen LogP contribution in [-0.4, -0.2) is 64.8 Å². The van der Waals surface area contributed by atoms with Crippen molar-refractivity contribution in [3.05, 3.63) is 89.5 Å². The molecule has 196 valence electrons. The number of likely N-dealkylation sites (tertiary alicyclic amines) is 1. The van der Waals surface area contributed by atoms with Gasteiger partial charge in [0.25, 0.3) is 5.91 Å². The Balaban J connectivity index is 1.54. The van der Waals surface area contributed by atoms with E-state index in [0.29, 0.717) is 16.3 Å². The van der Waals surface area contributed by atoms with E-state index in [1.54, 1.807) is 72.5 Å². The number of hydrogen-bond donors (Lipinski definition) is 1. The Morgan fingerprint density at radius 1 is 1.00 bits per heavy atom. The zero-order chi connectivity index (χ0) is 26.7. The van der Waals surface area contributed by atoms with E-state index >= 15 is 0 Å². The minimum Gasteiger partial charge on any atom is -0.461 e. The minimum atomic E-state index is -1.45. The number of fused-ring (bicyclic) bond motifs is 2. The van der Waals surface area contributed by atoms with Gasteiger partial charge in [-0.05, 0) is 42.8 Å². The topological polar surface area (TPSA) is 96.4 Å². The van der Waals surface area contributed by atoms with E-state index in [1.807, 2.05) is 18.2 Å². The number of aliphatic hydroxyl groups excluding tert-OH is 1. The van der Waals surface area contributed by atoms with Gasteiger partial charge < -0.3 is 24.4 Å². The fourth-order valence-electron chi connectivity index (χ4n) is 6.51. The first-order chi connectivity index (χ1) is 18.3. The van der Waals surface area contributed by atoms with Crippen molar-refractivity contribution >= 4 is 35.1 Å². The number of carbonyl (C=O) groups excluding carboxylic acids is 3. The van der Waals surface area contributed by atoms with Crippen molar-refractivity contribution in [2.45, 2.75) is 30.2 Å². The molecule has 1 N–H and O–H groups in total. The van der Waals surface area contributed by atoms with Crippen molar-refractivity contribution in [1.82, 2.24) is 4.90 Å². The number of anilines is 1. The van der Waals surface area contributed by atoms with Crippen LogP contribution in [0.1, 0.15) is 18.5 Å². The summed E-state index contributed by atoms with van der Waals surface area (Å²) in [6.45, 7) is 1.65. The fourth-order valence-corrected chi connectivity index (χ4v) is 6.64. The second-order valence-corrected chi connectivity index (χ2v) is 10.6. The zero-order valence-electron chi connectivity index (χ0n) is 20.7. The Hall–Kier alpha value is -3.46. The molecule has 0 bridgehead atoms. The molecule has 0 radical (unpaired) electrons. The monoisotopic (exact) mass is 534 g/mol. The number of cyclic esters (lactones) is 1. The van der Waals surface area contributed by atoms with Gasteiger partial charge in [-0.25, -0.2) is 0 Å². The summed E-state index contributed by atoms with van der Waals surface area (Å²) in [5, 5.41) is 11.1. The number of ether oxygens (including phenoxy) is 2. The molecule has 2 fully saturated rings. The van der Waals surface area contributed by atoms with Crippen molar-refractivity contribution < 1.29 is 29.0 Å². The van der Waals surface area contributed by atoms with Gasteiger partial charge in [-0.15, -0.1) is 0 Å². The Labute approximate surface area is 225 Å². The second-order valence-electron chi connectivity index (χ2n) is 10.2. The summed E-state index contributed by atoms with van der Waals surface area (Å²) in [6.07, 6.45) is 7.02. The van der Waals surface area contributed by atoms with Crippen LogP contribution in [0.5, 0.6) is 0 Å². The smallest absolute Gasteiger partial charge is 0.313 e. The molecule has 38 heavy (non-hydrogen) atoms. The molecular formula is C29H27ClN2O6. The molecule has 4 aliphatic heterocycles. The number of esters is 1. The Morgan fingerprint density at radius 3 is 2.45 bits per heavy atom. The van der Waals surface area contributed by atoms with E-state index in [9.17, 15) is 19.5 Å². The standard InChI is InChI=1S/C29H27ClN2O6/c1-28-13-6-16-37-27(36)23(28)22-25(34)32(21(17-33)18-7-3-2-4-8-18)24-26(35)31(15-5-14-29(22,24)38-28)20-11-9-19(30)10-12-20/h2-14,21-24,33H,15-17H2,1H3/t21-,22+,23+,24?,28-,29+/m1/s1. The molecule has 4 aliphatic rings. The largest absolute Gasteiger partial charge is 0.461 e. The Bertz CT molecular complexity index is 1340. The molecule has 0 aromatic heterocycles. The maximum atomic E-state index is 14.5. The summed E-state index contributed by atoms with van der Waals surface area (Å²) in [4.78, 5) is 45.1. The molecular weight excluding hydrogens is 508 g/mol. The highest BCUT2D eigenvalue weighted by Crippen LogP contribution is 2.58. The highest BCUT2D eigenvalue weighted by Gasteiger charge is 2.75. The van der Waals surface area contributed by atoms with Crippen molar-refractivity contribution in [2.24, 2.45) is 11.8 Å². The number of benzene rings is 2. The molecule has 6 atom stereocenters. The van der Waals surface area contributed by atoms with Crippen LogP contribution < -0.4 is 4.90 Å². The molecule has 1 spiro atoms. The van der Waals surface area contributed by atoms with Gasteiger partial charge >= 0.3 is 5.97 Å². The number of rotatable bonds is 4. The first kappa shape index (κ1) is 24.9. The number of aliphatic hydroxyl groups is 1. The number of carbonyl (C=O) groups is 3. The third-order valence-corrected chi connectivity index (χ3v) is 8.33. The van der Waals surface area contributed by atoms with Crippen LogP contribution in [0.25, 0.3) is 0 Å². The zero-order valence-corrected chi connectivity index (χ0v) is 21.5. The van der Waals surface area contributed by atoms with Gasteiger partial charge in [0.1, 0.15) is 24.2 Å². The predicted octanol–water partition coefficient (Wildman–Crippen LogP) is 3.06. The summed E-state index contributed by atoms with van der Waals surface area (Å²) in [6, 6.07) is 14.0. The number of halogens is 1. The van der Waals surface area contributed by atoms with Crippen LogP contribution in [0.4, 0.5) is 5.69 Å². The third kappa shape index (κ3) is 3.55. The van der Waals surface area contributed by atoms with E-state index in [1.165, 1.54) is 4.90 Å². The predicted molar refractivity (Wildman–Crippen MR) is 139 cm³/mol. The van der Waals surface area contributed by atoms with Crippen molar-refractivity contribution in [2.75, 3.05) is 24.7 Å². The van der Waals surface area contributed by atoms with E-state index < -0.39 is 53.6 Å². The first-order valence-corrected chi connectivity index (χ1v) is 13.0. The first-order valence-electron chi connectivity index (χ1n) is 12.6. The molecule has 2 aromatic carbocycles. The highest BCUT2D eigenvalue weighted by atomic mass is 35.5. The summed E-state index contributed by atoms with van der Waals surface area (Å²) in [5.41, 5.74) is -1.32. The number of hydrogen-bond acceptors (Lipinski definition) is 6. The van der Waals surface area contributed by atoms with Gasteiger partial charge in [-0.2, -0.15) is 0 Å². The number of nitrogens with zero attached hydrogens (tertiary/aromatic N) is 2. The Morgan fingerprint density at radius 2 is 1.74 bits per heavy atom. The molecule has 2 saturated heterocycles. The highest BCUT2D eigenvalue weighted by molar-refractivity contribution is 6.30. The van der Waals surface area contributed by atoms with Crippen molar-refractivity contribution in [3.63, 3.8) is 0 Å². The van der Waals surface area contributed by atoms with Gasteiger partial charge in [0.15, 0.2) is 0 Å². The van der Waals surface area contributed by atoms with Crippen LogP contribution in [0.2, 0.25) is 5.02 Å². The average Bonchev–Trinajstić information content (AvgIpc) is 3.17. The van der Waals surface area contributed by atoms with E-state index in [4.69, 9.17) is 21.1 Å². The van der Waals surface area contributed by atoms with Crippen LogP contribution in [0, 0.1) is 11.8 Å². The fraction of sp³-hybridized carbons (Fsp3) is 0.345. The molecule has 2 amide bonds. The SMILES string of the molecule is C[C@@]12C=CCOC(=O)[C@@H]1[C@H]1C(=O)N([C@H](CO)c3ccccc3)C3C(=O)N(c4ccc(Cl)cc4)CC=C[C@@]31O2. The lowest BCUT2D eigenvalue weighted by Gasteiger charge is -2.40.